The molecule has 0 spiro atoms. The van der Waals surface area contributed by atoms with E-state index in [1.165, 1.54) is 44.9 Å². The Hall–Kier alpha value is -1.12. The number of aliphatic imine (C=N–C) groups is 1. The summed E-state index contributed by atoms with van der Waals surface area (Å²) in [6, 6.07) is 0.559. The second-order valence-electron chi connectivity index (χ2n) is 7.05. The number of allylic oxidation sites excluding steroid dienone is 1. The van der Waals surface area contributed by atoms with Gasteiger partial charge in [-0.05, 0) is 39.0 Å². The second-order valence-corrected chi connectivity index (χ2v) is 7.05. The first-order chi connectivity index (χ1) is 12.1. The SMILES string of the molecule is C=CCCCCCN(C)C(=NCc1nnc(C)n1C)NC1CCCC1.I. The zero-order chi connectivity index (χ0) is 18.1. The first-order valence-corrected chi connectivity index (χ1v) is 9.59. The van der Waals surface area contributed by atoms with Gasteiger partial charge >= 0.3 is 0 Å². The average Bonchev–Trinajstić information content (AvgIpc) is 3.22. The summed E-state index contributed by atoms with van der Waals surface area (Å²) in [7, 11) is 4.13. The Balaban J connectivity index is 0.00000338. The van der Waals surface area contributed by atoms with Gasteiger partial charge in [-0.25, -0.2) is 4.99 Å². The number of unbranched alkanes of at least 4 members (excludes halogenated alkanes) is 3. The molecule has 0 amide bonds. The maximum Gasteiger partial charge on any atom is 0.194 e. The van der Waals surface area contributed by atoms with E-state index in [-0.39, 0.29) is 24.0 Å². The molecule has 1 aromatic heterocycles. The summed E-state index contributed by atoms with van der Waals surface area (Å²) in [5.74, 6) is 2.82. The highest BCUT2D eigenvalue weighted by Crippen LogP contribution is 2.18. The molecule has 0 aliphatic heterocycles. The van der Waals surface area contributed by atoms with Gasteiger partial charge in [0.1, 0.15) is 12.4 Å². The summed E-state index contributed by atoms with van der Waals surface area (Å²) in [6.45, 7) is 7.34. The maximum atomic E-state index is 4.84. The molecule has 0 saturated heterocycles. The van der Waals surface area contributed by atoms with E-state index in [0.29, 0.717) is 12.6 Å². The molecule has 1 aliphatic rings. The molecule has 0 bridgehead atoms. The van der Waals surface area contributed by atoms with Crippen LogP contribution in [0.5, 0.6) is 0 Å². The standard InChI is InChI=1S/C19H34N6.HI/c1-5-6-7-8-11-14-24(3)19(21-17-12-9-10-13-17)20-15-18-23-22-16(2)25(18)4;/h5,17H,1,6-15H2,2-4H3,(H,20,21);1H. The van der Waals surface area contributed by atoms with Crippen LogP contribution in [-0.4, -0.2) is 45.3 Å². The summed E-state index contributed by atoms with van der Waals surface area (Å²) in [5.41, 5.74) is 0. The lowest BCUT2D eigenvalue weighted by Crippen LogP contribution is -2.44. The molecule has 1 fully saturated rings. The molecule has 1 aliphatic carbocycles. The predicted octanol–water partition coefficient (Wildman–Crippen LogP) is 3.81. The Morgan fingerprint density at radius 3 is 2.65 bits per heavy atom. The van der Waals surface area contributed by atoms with Gasteiger partial charge in [0.25, 0.3) is 0 Å². The van der Waals surface area contributed by atoms with Crippen molar-refractivity contribution in [1.82, 2.24) is 25.0 Å². The first kappa shape index (κ1) is 22.9. The van der Waals surface area contributed by atoms with Crippen molar-refractivity contribution < 1.29 is 0 Å². The first-order valence-electron chi connectivity index (χ1n) is 9.59. The maximum absolute atomic E-state index is 4.84. The highest BCUT2D eigenvalue weighted by Gasteiger charge is 2.18. The molecule has 1 aromatic rings. The molecule has 0 unspecified atom stereocenters. The molecular weight excluding hydrogens is 439 g/mol. The fraction of sp³-hybridized carbons (Fsp3) is 0.737. The van der Waals surface area contributed by atoms with Gasteiger partial charge in [-0.2, -0.15) is 0 Å². The van der Waals surface area contributed by atoms with Crippen LogP contribution in [0.4, 0.5) is 0 Å². The number of hydrogen-bond donors (Lipinski definition) is 1. The van der Waals surface area contributed by atoms with Crippen LogP contribution in [0.15, 0.2) is 17.6 Å². The zero-order valence-corrected chi connectivity index (χ0v) is 18.9. The van der Waals surface area contributed by atoms with Gasteiger partial charge in [0, 0.05) is 26.7 Å². The summed E-state index contributed by atoms with van der Waals surface area (Å²) in [5, 5.41) is 12.0. The van der Waals surface area contributed by atoms with Crippen LogP contribution in [0.2, 0.25) is 0 Å². The number of halogens is 1. The minimum absolute atomic E-state index is 0. The molecule has 26 heavy (non-hydrogen) atoms. The van der Waals surface area contributed by atoms with Crippen molar-refractivity contribution in [2.45, 2.75) is 70.9 Å². The number of nitrogens with zero attached hydrogens (tertiary/aromatic N) is 5. The van der Waals surface area contributed by atoms with Crippen LogP contribution in [0, 0.1) is 6.92 Å². The lowest BCUT2D eigenvalue weighted by molar-refractivity contribution is 0.440. The summed E-state index contributed by atoms with van der Waals surface area (Å²) < 4.78 is 2.01. The van der Waals surface area contributed by atoms with Gasteiger partial charge in [0.05, 0.1) is 0 Å². The van der Waals surface area contributed by atoms with Crippen molar-refractivity contribution in [2.24, 2.45) is 12.0 Å². The van der Waals surface area contributed by atoms with Crippen molar-refractivity contribution in [1.29, 1.82) is 0 Å². The normalized spacial score (nSPS) is 15.0. The van der Waals surface area contributed by atoms with E-state index in [2.05, 4.69) is 34.0 Å². The summed E-state index contributed by atoms with van der Waals surface area (Å²) in [4.78, 5) is 7.10. The molecule has 0 aromatic carbocycles. The largest absolute Gasteiger partial charge is 0.354 e. The monoisotopic (exact) mass is 474 g/mol. The predicted molar refractivity (Wildman–Crippen MR) is 119 cm³/mol. The quantitative estimate of drug-likeness (QED) is 0.195. The van der Waals surface area contributed by atoms with Gasteiger partial charge in [-0.3, -0.25) is 0 Å². The molecule has 2 rings (SSSR count). The lowest BCUT2D eigenvalue weighted by atomic mass is 10.2. The van der Waals surface area contributed by atoms with E-state index in [0.717, 1.165) is 30.6 Å². The van der Waals surface area contributed by atoms with Crippen molar-refractivity contribution in [3.8, 4) is 0 Å². The van der Waals surface area contributed by atoms with E-state index in [1.54, 1.807) is 0 Å². The van der Waals surface area contributed by atoms with Crippen molar-refractivity contribution in [2.75, 3.05) is 13.6 Å². The van der Waals surface area contributed by atoms with Gasteiger partial charge < -0.3 is 14.8 Å². The van der Waals surface area contributed by atoms with Crippen LogP contribution in [-0.2, 0) is 13.6 Å². The van der Waals surface area contributed by atoms with Crippen LogP contribution < -0.4 is 5.32 Å². The van der Waals surface area contributed by atoms with E-state index < -0.39 is 0 Å². The number of nitrogens with one attached hydrogen (secondary N) is 1. The third-order valence-electron chi connectivity index (χ3n) is 5.00. The van der Waals surface area contributed by atoms with E-state index >= 15 is 0 Å². The van der Waals surface area contributed by atoms with Crippen LogP contribution in [0.1, 0.15) is 63.0 Å². The van der Waals surface area contributed by atoms with Crippen molar-refractivity contribution in [3.63, 3.8) is 0 Å². The molecular formula is C19H35IN6. The van der Waals surface area contributed by atoms with Gasteiger partial charge in [0.2, 0.25) is 0 Å². The third kappa shape index (κ3) is 7.25. The molecule has 0 atom stereocenters. The Morgan fingerprint density at radius 2 is 2.04 bits per heavy atom. The minimum atomic E-state index is 0. The molecule has 0 radical (unpaired) electrons. The smallest absolute Gasteiger partial charge is 0.194 e. The highest BCUT2D eigenvalue weighted by atomic mass is 127. The van der Waals surface area contributed by atoms with E-state index in [4.69, 9.17) is 4.99 Å². The lowest BCUT2D eigenvalue weighted by Gasteiger charge is -2.25. The average molecular weight is 474 g/mol. The fourth-order valence-electron chi connectivity index (χ4n) is 3.18. The minimum Gasteiger partial charge on any atom is -0.354 e. The second kappa shape index (κ2) is 12.3. The third-order valence-corrected chi connectivity index (χ3v) is 5.00. The molecule has 1 saturated carbocycles. The molecule has 1 heterocycles. The van der Waals surface area contributed by atoms with Crippen LogP contribution in [0.25, 0.3) is 0 Å². The Bertz CT molecular complexity index is 562. The highest BCUT2D eigenvalue weighted by molar-refractivity contribution is 14.0. The van der Waals surface area contributed by atoms with Gasteiger partial charge in [0.15, 0.2) is 11.8 Å². The van der Waals surface area contributed by atoms with Crippen LogP contribution in [0.3, 0.4) is 0 Å². The van der Waals surface area contributed by atoms with E-state index in [9.17, 15) is 0 Å². The Morgan fingerprint density at radius 1 is 1.31 bits per heavy atom. The Labute approximate surface area is 175 Å². The molecule has 7 heteroatoms. The van der Waals surface area contributed by atoms with E-state index in [1.807, 2.05) is 24.6 Å². The van der Waals surface area contributed by atoms with Crippen LogP contribution >= 0.6 is 24.0 Å². The number of hydrogen-bond acceptors (Lipinski definition) is 3. The number of aryl methyl sites for hydroxylation is 1. The van der Waals surface area contributed by atoms with Crippen molar-refractivity contribution >= 4 is 29.9 Å². The topological polar surface area (TPSA) is 58.3 Å². The van der Waals surface area contributed by atoms with Gasteiger partial charge in [-0.15, -0.1) is 40.8 Å². The molecule has 148 valence electrons. The summed E-state index contributed by atoms with van der Waals surface area (Å²) in [6.07, 6.45) is 11.9. The fourth-order valence-corrected chi connectivity index (χ4v) is 3.18. The summed E-state index contributed by atoms with van der Waals surface area (Å²) >= 11 is 0. The number of rotatable bonds is 9. The molecule has 6 nitrogen and oxygen atoms in total. The zero-order valence-electron chi connectivity index (χ0n) is 16.6. The number of guanidine groups is 1. The molecule has 1 N–H and O–H groups in total. The number of aromatic nitrogens is 3. The van der Waals surface area contributed by atoms with Crippen molar-refractivity contribution in [3.05, 3.63) is 24.3 Å². The Kier molecular flexibility index (Phi) is 10.8. The van der Waals surface area contributed by atoms with Gasteiger partial charge in [-0.1, -0.05) is 25.3 Å².